The Balaban J connectivity index is 2.22. The summed E-state index contributed by atoms with van der Waals surface area (Å²) in [5.41, 5.74) is 8.99. The normalized spacial score (nSPS) is 10.3. The molecule has 5 heteroatoms. The average molecular weight is 333 g/mol. The fourth-order valence-corrected chi connectivity index (χ4v) is 2.63. The summed E-state index contributed by atoms with van der Waals surface area (Å²) in [5, 5.41) is 9.52. The molecule has 0 spiro atoms. The third-order valence-corrected chi connectivity index (χ3v) is 3.78. The molecule has 0 aliphatic rings. The predicted octanol–water partition coefficient (Wildman–Crippen LogP) is 4.41. The average Bonchev–Trinajstić information content (AvgIpc) is 2.62. The van der Waals surface area contributed by atoms with Crippen molar-refractivity contribution >= 4 is 5.82 Å². The van der Waals surface area contributed by atoms with Gasteiger partial charge in [0.15, 0.2) is 0 Å². The summed E-state index contributed by atoms with van der Waals surface area (Å²) in [6.45, 7) is 2.40. The Morgan fingerprint density at radius 2 is 1.84 bits per heavy atom. The number of nitrogen functional groups attached to an aromatic ring is 1. The molecule has 25 heavy (non-hydrogen) atoms. The summed E-state index contributed by atoms with van der Waals surface area (Å²) >= 11 is 0. The molecule has 3 rings (SSSR count). The molecule has 0 radical (unpaired) electrons. The van der Waals surface area contributed by atoms with Crippen LogP contribution in [0.1, 0.15) is 12.5 Å². The smallest absolute Gasteiger partial charge is 0.142 e. The van der Waals surface area contributed by atoms with Gasteiger partial charge in [-0.2, -0.15) is 5.26 Å². The predicted molar refractivity (Wildman–Crippen MR) is 95.4 cm³/mol. The van der Waals surface area contributed by atoms with E-state index < -0.39 is 0 Å². The molecule has 1 heterocycles. The highest BCUT2D eigenvalue weighted by Gasteiger charge is 2.16. The number of para-hydroxylation sites is 1. The Labute approximate surface area is 145 Å². The van der Waals surface area contributed by atoms with E-state index in [-0.39, 0.29) is 17.2 Å². The van der Waals surface area contributed by atoms with E-state index in [9.17, 15) is 9.65 Å². The highest BCUT2D eigenvalue weighted by molar-refractivity contribution is 5.83. The van der Waals surface area contributed by atoms with Crippen LogP contribution in [-0.4, -0.2) is 11.6 Å². The van der Waals surface area contributed by atoms with Gasteiger partial charge in [-0.25, -0.2) is 9.37 Å². The van der Waals surface area contributed by atoms with Gasteiger partial charge >= 0.3 is 0 Å². The largest absolute Gasteiger partial charge is 0.493 e. The molecule has 0 aliphatic carbocycles. The number of hydrogen-bond acceptors (Lipinski definition) is 4. The van der Waals surface area contributed by atoms with Crippen LogP contribution in [0.3, 0.4) is 0 Å². The highest BCUT2D eigenvalue weighted by Crippen LogP contribution is 2.36. The van der Waals surface area contributed by atoms with Crippen LogP contribution < -0.4 is 10.5 Å². The van der Waals surface area contributed by atoms with Crippen molar-refractivity contribution in [2.24, 2.45) is 0 Å². The minimum Gasteiger partial charge on any atom is -0.493 e. The van der Waals surface area contributed by atoms with Crippen LogP contribution in [0.5, 0.6) is 5.75 Å². The molecule has 0 unspecified atom stereocenters. The number of rotatable bonds is 4. The number of nitrogens with zero attached hydrogens (tertiary/aromatic N) is 2. The number of pyridine rings is 1. The van der Waals surface area contributed by atoms with Crippen LogP contribution in [0.25, 0.3) is 22.4 Å². The lowest BCUT2D eigenvalue weighted by molar-refractivity contribution is 0.341. The first-order valence-electron chi connectivity index (χ1n) is 7.82. The van der Waals surface area contributed by atoms with Crippen LogP contribution in [0.4, 0.5) is 10.2 Å². The molecular formula is C20H16FN3O. The number of nitriles is 1. The summed E-state index contributed by atoms with van der Waals surface area (Å²) in [5.74, 6) is 0.468. The quantitative estimate of drug-likeness (QED) is 0.768. The molecular weight excluding hydrogens is 317 g/mol. The lowest BCUT2D eigenvalue weighted by atomic mass is 9.97. The summed E-state index contributed by atoms with van der Waals surface area (Å²) < 4.78 is 18.8. The van der Waals surface area contributed by atoms with Crippen molar-refractivity contribution in [2.45, 2.75) is 6.92 Å². The van der Waals surface area contributed by atoms with Gasteiger partial charge in [0.2, 0.25) is 0 Å². The van der Waals surface area contributed by atoms with Gasteiger partial charge in [0.1, 0.15) is 29.0 Å². The molecule has 0 saturated carbocycles. The maximum Gasteiger partial charge on any atom is 0.142 e. The first kappa shape index (κ1) is 16.5. The fourth-order valence-electron chi connectivity index (χ4n) is 2.63. The zero-order valence-electron chi connectivity index (χ0n) is 13.7. The Morgan fingerprint density at radius 3 is 2.52 bits per heavy atom. The Morgan fingerprint density at radius 1 is 1.12 bits per heavy atom. The third kappa shape index (κ3) is 3.29. The molecule has 0 aliphatic heterocycles. The monoisotopic (exact) mass is 333 g/mol. The number of halogens is 1. The number of hydrogen-bond donors (Lipinski definition) is 1. The lowest BCUT2D eigenvalue weighted by Gasteiger charge is -2.14. The van der Waals surface area contributed by atoms with Crippen LogP contribution in [0, 0.1) is 17.1 Å². The van der Waals surface area contributed by atoms with Crippen molar-refractivity contribution < 1.29 is 9.13 Å². The number of ether oxygens (including phenoxy) is 1. The van der Waals surface area contributed by atoms with Gasteiger partial charge < -0.3 is 10.5 Å². The molecule has 0 amide bonds. The molecule has 0 fully saturated rings. The van der Waals surface area contributed by atoms with E-state index in [2.05, 4.69) is 11.1 Å². The van der Waals surface area contributed by atoms with E-state index >= 15 is 0 Å². The van der Waals surface area contributed by atoms with Gasteiger partial charge in [0.25, 0.3) is 0 Å². The second-order valence-electron chi connectivity index (χ2n) is 5.36. The summed E-state index contributed by atoms with van der Waals surface area (Å²) in [4.78, 5) is 4.30. The van der Waals surface area contributed by atoms with Gasteiger partial charge in [-0.3, -0.25) is 0 Å². The Bertz CT molecular complexity index is 946. The molecule has 0 atom stereocenters. The topological polar surface area (TPSA) is 71.9 Å². The van der Waals surface area contributed by atoms with Crippen LogP contribution in [-0.2, 0) is 0 Å². The standard InChI is InChI=1S/C20H16FN3O/c1-2-25-19-6-4-3-5-15(19)16-11-18(24-20(23)17(16)12-22)13-7-9-14(21)10-8-13/h3-11H,2H2,1H3,(H2,23,24). The minimum atomic E-state index is -0.327. The Kier molecular flexibility index (Phi) is 4.62. The molecule has 0 bridgehead atoms. The molecule has 2 N–H and O–H groups in total. The highest BCUT2D eigenvalue weighted by atomic mass is 19.1. The van der Waals surface area contributed by atoms with Gasteiger partial charge in [-0.1, -0.05) is 18.2 Å². The molecule has 1 aromatic heterocycles. The summed E-state index contributed by atoms with van der Waals surface area (Å²) in [6, 6.07) is 17.3. The van der Waals surface area contributed by atoms with Crippen LogP contribution in [0.2, 0.25) is 0 Å². The maximum atomic E-state index is 13.2. The lowest BCUT2D eigenvalue weighted by Crippen LogP contribution is -2.01. The second-order valence-corrected chi connectivity index (χ2v) is 5.36. The van der Waals surface area contributed by atoms with E-state index in [0.717, 1.165) is 5.56 Å². The van der Waals surface area contributed by atoms with Crippen molar-refractivity contribution in [3.05, 3.63) is 66.0 Å². The van der Waals surface area contributed by atoms with E-state index in [1.165, 1.54) is 12.1 Å². The van der Waals surface area contributed by atoms with Gasteiger partial charge in [0, 0.05) is 16.7 Å². The van der Waals surface area contributed by atoms with Gasteiger partial charge in [-0.15, -0.1) is 0 Å². The number of benzene rings is 2. The molecule has 2 aromatic carbocycles. The Hall–Kier alpha value is -3.39. The van der Waals surface area contributed by atoms with Crippen molar-refractivity contribution in [1.29, 1.82) is 5.26 Å². The van der Waals surface area contributed by atoms with Crippen molar-refractivity contribution in [2.75, 3.05) is 12.3 Å². The van der Waals surface area contributed by atoms with Crippen LogP contribution in [0.15, 0.2) is 54.6 Å². The molecule has 4 nitrogen and oxygen atoms in total. The number of aromatic nitrogens is 1. The SMILES string of the molecule is CCOc1ccccc1-c1cc(-c2ccc(F)cc2)nc(N)c1C#N. The first-order valence-corrected chi connectivity index (χ1v) is 7.82. The third-order valence-electron chi connectivity index (χ3n) is 3.78. The van der Waals surface area contributed by atoms with Crippen molar-refractivity contribution in [3.8, 4) is 34.2 Å². The molecule has 124 valence electrons. The number of anilines is 1. The van der Waals surface area contributed by atoms with Gasteiger partial charge in [0.05, 0.1) is 12.3 Å². The maximum absolute atomic E-state index is 13.2. The first-order chi connectivity index (χ1) is 12.1. The van der Waals surface area contributed by atoms with E-state index in [4.69, 9.17) is 10.5 Å². The number of nitrogens with two attached hydrogens (primary N) is 1. The summed E-state index contributed by atoms with van der Waals surface area (Å²) in [7, 11) is 0. The van der Waals surface area contributed by atoms with E-state index in [0.29, 0.717) is 29.2 Å². The minimum absolute atomic E-state index is 0.130. The van der Waals surface area contributed by atoms with Gasteiger partial charge in [-0.05, 0) is 43.3 Å². The van der Waals surface area contributed by atoms with Crippen molar-refractivity contribution in [3.63, 3.8) is 0 Å². The summed E-state index contributed by atoms with van der Waals surface area (Å²) in [6.07, 6.45) is 0. The molecule has 3 aromatic rings. The molecule has 0 saturated heterocycles. The van der Waals surface area contributed by atoms with Crippen LogP contribution >= 0.6 is 0 Å². The zero-order chi connectivity index (χ0) is 17.8. The van der Waals surface area contributed by atoms with E-state index in [1.54, 1.807) is 18.2 Å². The van der Waals surface area contributed by atoms with E-state index in [1.807, 2.05) is 31.2 Å². The van der Waals surface area contributed by atoms with Crippen molar-refractivity contribution in [1.82, 2.24) is 4.98 Å². The zero-order valence-corrected chi connectivity index (χ0v) is 13.7. The fraction of sp³-hybridized carbons (Fsp3) is 0.100. The second kappa shape index (κ2) is 7.02.